The van der Waals surface area contributed by atoms with E-state index in [-0.39, 0.29) is 12.1 Å². The summed E-state index contributed by atoms with van der Waals surface area (Å²) in [4.78, 5) is 13.2. The molecule has 0 amide bonds. The molecule has 0 spiro atoms. The molecule has 1 heterocycles. The van der Waals surface area contributed by atoms with Crippen LogP contribution < -0.4 is 0 Å². The molecule has 17 heavy (non-hydrogen) atoms. The highest BCUT2D eigenvalue weighted by Crippen LogP contribution is 2.19. The van der Waals surface area contributed by atoms with Crippen LogP contribution in [0.25, 0.3) is 0 Å². The molecule has 0 aliphatic carbocycles. The second kappa shape index (κ2) is 7.77. The van der Waals surface area contributed by atoms with Crippen molar-refractivity contribution in [3.63, 3.8) is 0 Å². The highest BCUT2D eigenvalue weighted by molar-refractivity contribution is 7.80. The molecule has 1 rings (SSSR count). The molecule has 0 aliphatic heterocycles. The summed E-state index contributed by atoms with van der Waals surface area (Å²) in [6.07, 6.45) is 5.79. The Morgan fingerprint density at radius 2 is 2.24 bits per heavy atom. The molecule has 2 nitrogen and oxygen atoms in total. The molecule has 0 saturated heterocycles. The third-order valence-corrected chi connectivity index (χ3v) is 3.90. The maximum atomic E-state index is 11.7. The molecular formula is C13H20O2S2. The zero-order chi connectivity index (χ0) is 12.7. The van der Waals surface area contributed by atoms with Crippen LogP contribution in [0.1, 0.15) is 55.6 Å². The highest BCUT2D eigenvalue weighted by atomic mass is 32.1. The Labute approximate surface area is 113 Å². The third-order valence-electron chi connectivity index (χ3n) is 2.56. The molecule has 96 valence electrons. The van der Waals surface area contributed by atoms with Gasteiger partial charge in [0.1, 0.15) is 4.88 Å². The van der Waals surface area contributed by atoms with E-state index >= 15 is 0 Å². The maximum absolute atomic E-state index is 11.7. The number of esters is 1. The lowest BCUT2D eigenvalue weighted by Crippen LogP contribution is -2.14. The molecule has 0 aromatic carbocycles. The average molecular weight is 272 g/mol. The van der Waals surface area contributed by atoms with Gasteiger partial charge in [-0.3, -0.25) is 0 Å². The Balaban J connectivity index is 2.26. The first-order valence-electron chi connectivity index (χ1n) is 6.12. The van der Waals surface area contributed by atoms with E-state index < -0.39 is 0 Å². The maximum Gasteiger partial charge on any atom is 0.348 e. The van der Waals surface area contributed by atoms with E-state index in [1.54, 1.807) is 6.07 Å². The minimum Gasteiger partial charge on any atom is -0.458 e. The zero-order valence-electron chi connectivity index (χ0n) is 10.4. The second-order valence-electron chi connectivity index (χ2n) is 4.23. The molecule has 0 aliphatic rings. The van der Waals surface area contributed by atoms with Crippen molar-refractivity contribution in [2.75, 3.05) is 0 Å². The number of rotatable bonds is 7. The van der Waals surface area contributed by atoms with Crippen molar-refractivity contribution in [3.05, 3.63) is 16.3 Å². The molecule has 0 bridgehead atoms. The highest BCUT2D eigenvalue weighted by Gasteiger charge is 2.13. The fraction of sp³-hybridized carbons (Fsp3) is 0.615. The molecule has 0 saturated carbocycles. The van der Waals surface area contributed by atoms with E-state index in [1.165, 1.54) is 30.6 Å². The van der Waals surface area contributed by atoms with Crippen LogP contribution in [0.3, 0.4) is 0 Å². The lowest BCUT2D eigenvalue weighted by molar-refractivity contribution is 0.0325. The van der Waals surface area contributed by atoms with Crippen LogP contribution in [0, 0.1) is 0 Å². The van der Waals surface area contributed by atoms with E-state index in [9.17, 15) is 4.79 Å². The fourth-order valence-corrected chi connectivity index (χ4v) is 2.62. The summed E-state index contributed by atoms with van der Waals surface area (Å²) in [6, 6.07) is 1.75. The van der Waals surface area contributed by atoms with Crippen molar-refractivity contribution in [1.82, 2.24) is 0 Å². The largest absolute Gasteiger partial charge is 0.458 e. The number of hydrogen-bond acceptors (Lipinski definition) is 4. The van der Waals surface area contributed by atoms with Crippen molar-refractivity contribution in [3.8, 4) is 0 Å². The van der Waals surface area contributed by atoms with Gasteiger partial charge in [-0.25, -0.2) is 4.79 Å². The first-order chi connectivity index (χ1) is 8.13. The average Bonchev–Trinajstić information content (AvgIpc) is 2.71. The van der Waals surface area contributed by atoms with Crippen molar-refractivity contribution in [2.24, 2.45) is 0 Å². The topological polar surface area (TPSA) is 26.3 Å². The normalized spacial score (nSPS) is 12.4. The van der Waals surface area contributed by atoms with Gasteiger partial charge < -0.3 is 4.74 Å². The van der Waals surface area contributed by atoms with Crippen LogP contribution in [-0.2, 0) is 4.74 Å². The Kier molecular flexibility index (Phi) is 6.66. The summed E-state index contributed by atoms with van der Waals surface area (Å²) >= 11 is 5.55. The number of hydrogen-bond donors (Lipinski definition) is 1. The van der Waals surface area contributed by atoms with Gasteiger partial charge in [0.05, 0.1) is 6.10 Å². The number of ether oxygens (including phenoxy) is 1. The lowest BCUT2D eigenvalue weighted by atomic mass is 10.1. The van der Waals surface area contributed by atoms with Crippen molar-refractivity contribution in [1.29, 1.82) is 0 Å². The third kappa shape index (κ3) is 5.59. The number of thiophene rings is 1. The first kappa shape index (κ1) is 14.6. The summed E-state index contributed by atoms with van der Waals surface area (Å²) in [6.45, 7) is 4.15. The molecule has 1 aromatic heterocycles. The Morgan fingerprint density at radius 1 is 1.47 bits per heavy atom. The lowest BCUT2D eigenvalue weighted by Gasteiger charge is -2.12. The summed E-state index contributed by atoms with van der Waals surface area (Å²) < 4.78 is 5.37. The van der Waals surface area contributed by atoms with Crippen LogP contribution in [0.2, 0.25) is 0 Å². The van der Waals surface area contributed by atoms with E-state index in [0.29, 0.717) is 4.88 Å². The van der Waals surface area contributed by atoms with Gasteiger partial charge >= 0.3 is 5.97 Å². The van der Waals surface area contributed by atoms with Gasteiger partial charge in [0.25, 0.3) is 0 Å². The van der Waals surface area contributed by atoms with Crippen LogP contribution in [0.4, 0.5) is 0 Å². The van der Waals surface area contributed by atoms with Crippen LogP contribution in [0.5, 0.6) is 0 Å². The SMILES string of the molecule is CCCCCCC(C)OC(=O)c1cc(S)cs1. The monoisotopic (exact) mass is 272 g/mol. The van der Waals surface area contributed by atoms with Gasteiger partial charge in [-0.15, -0.1) is 24.0 Å². The van der Waals surface area contributed by atoms with Crippen molar-refractivity contribution >= 4 is 29.9 Å². The molecule has 1 atom stereocenters. The molecular weight excluding hydrogens is 252 g/mol. The number of carbonyl (C=O) groups excluding carboxylic acids is 1. The molecule has 1 unspecified atom stereocenters. The number of unbranched alkanes of at least 4 members (excludes halogenated alkanes) is 3. The van der Waals surface area contributed by atoms with E-state index in [1.807, 2.05) is 12.3 Å². The smallest absolute Gasteiger partial charge is 0.348 e. The Bertz CT molecular complexity index is 347. The summed E-state index contributed by atoms with van der Waals surface area (Å²) in [5.74, 6) is -0.224. The van der Waals surface area contributed by atoms with Crippen LogP contribution in [0.15, 0.2) is 16.3 Å². The van der Waals surface area contributed by atoms with Gasteiger partial charge in [0.2, 0.25) is 0 Å². The van der Waals surface area contributed by atoms with Gasteiger partial charge in [0.15, 0.2) is 0 Å². The van der Waals surface area contributed by atoms with Crippen LogP contribution >= 0.6 is 24.0 Å². The summed E-state index contributed by atoms with van der Waals surface area (Å²) in [5, 5.41) is 1.84. The minimum absolute atomic E-state index is 0.00447. The predicted octanol–water partition coefficient (Wildman–Crippen LogP) is 4.55. The molecule has 4 heteroatoms. The predicted molar refractivity (Wildman–Crippen MR) is 75.2 cm³/mol. The Hall–Kier alpha value is -0.480. The molecule has 1 aromatic rings. The minimum atomic E-state index is -0.224. The van der Waals surface area contributed by atoms with Gasteiger partial charge in [-0.1, -0.05) is 26.2 Å². The zero-order valence-corrected chi connectivity index (χ0v) is 12.2. The van der Waals surface area contributed by atoms with Crippen molar-refractivity contribution in [2.45, 2.75) is 57.0 Å². The quantitative estimate of drug-likeness (QED) is 0.447. The van der Waals surface area contributed by atoms with E-state index in [2.05, 4.69) is 19.6 Å². The first-order valence-corrected chi connectivity index (χ1v) is 7.44. The van der Waals surface area contributed by atoms with Gasteiger partial charge in [0, 0.05) is 10.3 Å². The summed E-state index contributed by atoms with van der Waals surface area (Å²) in [5.41, 5.74) is 0. The molecule has 0 radical (unpaired) electrons. The summed E-state index contributed by atoms with van der Waals surface area (Å²) in [7, 11) is 0. The van der Waals surface area contributed by atoms with E-state index in [4.69, 9.17) is 4.74 Å². The fourth-order valence-electron chi connectivity index (χ4n) is 1.59. The van der Waals surface area contributed by atoms with Crippen molar-refractivity contribution < 1.29 is 9.53 Å². The number of thiol groups is 1. The Morgan fingerprint density at radius 3 is 2.82 bits per heavy atom. The standard InChI is InChI=1S/C13H20O2S2/c1-3-4-5-6-7-10(2)15-13(14)12-8-11(16)9-17-12/h8-10,16H,3-7H2,1-2H3. The number of carbonyl (C=O) groups is 1. The van der Waals surface area contributed by atoms with Gasteiger partial charge in [-0.05, 0) is 25.8 Å². The second-order valence-corrected chi connectivity index (χ2v) is 5.66. The van der Waals surface area contributed by atoms with Gasteiger partial charge in [-0.2, -0.15) is 0 Å². The van der Waals surface area contributed by atoms with E-state index in [0.717, 1.165) is 17.7 Å². The van der Waals surface area contributed by atoms with Crippen LogP contribution in [-0.4, -0.2) is 12.1 Å². The molecule has 0 N–H and O–H groups in total. The molecule has 0 fully saturated rings.